The van der Waals surface area contributed by atoms with Gasteiger partial charge in [0.05, 0.1) is 0 Å². The van der Waals surface area contributed by atoms with Crippen molar-refractivity contribution in [1.29, 1.82) is 0 Å². The molecule has 2 unspecified atom stereocenters. The summed E-state index contributed by atoms with van der Waals surface area (Å²) in [6.07, 6.45) is 1.03. The highest BCUT2D eigenvalue weighted by molar-refractivity contribution is 8.03. The van der Waals surface area contributed by atoms with E-state index in [2.05, 4.69) is 0 Å². The molecule has 0 radical (unpaired) electrons. The zero-order chi connectivity index (χ0) is 35.1. The minimum Gasteiger partial charge on any atom is -0.507 e. The van der Waals surface area contributed by atoms with Crippen LogP contribution in [0.15, 0.2) is 24.3 Å². The molecule has 2 atom stereocenters. The first kappa shape index (κ1) is 38.3. The smallest absolute Gasteiger partial charge is 0.160 e. The number of carbonyl (C=O) groups excluding carboxylic acids is 4. The molecule has 0 aliphatic rings. The molecule has 2 rings (SSSR count). The molecule has 0 amide bonds. The molecule has 0 spiro atoms. The van der Waals surface area contributed by atoms with Gasteiger partial charge in [0.15, 0.2) is 21.1 Å². The van der Waals surface area contributed by atoms with Crippen LogP contribution < -0.4 is 0 Å². The summed E-state index contributed by atoms with van der Waals surface area (Å²) < 4.78 is -3.92. The van der Waals surface area contributed by atoms with Gasteiger partial charge in [-0.15, -0.1) is 11.8 Å². The molecule has 0 aliphatic heterocycles. The number of phenolic OH excluding ortho intramolecular Hbond substituents is 2. The zero-order valence-electron chi connectivity index (χ0n) is 29.8. The molecule has 0 heterocycles. The first-order valence-electron chi connectivity index (χ1n) is 15.7. The van der Waals surface area contributed by atoms with E-state index in [0.29, 0.717) is 46.0 Å². The predicted octanol–water partition coefficient (Wildman–Crippen LogP) is 8.47. The van der Waals surface area contributed by atoms with Crippen LogP contribution in [0, 0.1) is 0 Å². The van der Waals surface area contributed by atoms with Crippen molar-refractivity contribution in [2.45, 2.75) is 141 Å². The fraction of sp³-hybridized carbons (Fsp3) is 0.579. The summed E-state index contributed by atoms with van der Waals surface area (Å²) in [5.74, 6) is -0.758. The predicted molar refractivity (Wildman–Crippen MR) is 185 cm³/mol. The minimum absolute atomic E-state index is 0.0341. The van der Waals surface area contributed by atoms with Crippen molar-refractivity contribution in [2.24, 2.45) is 0 Å². The first-order chi connectivity index (χ1) is 20.3. The van der Waals surface area contributed by atoms with Crippen LogP contribution in [0.4, 0.5) is 0 Å². The topological polar surface area (TPSA) is 109 Å². The van der Waals surface area contributed by atoms with Crippen LogP contribution >= 0.6 is 11.8 Å². The number of Topliss-reactive ketones (excluding diaryl/α,β-unsaturated/α-hetero) is 2. The van der Waals surface area contributed by atoms with Crippen molar-refractivity contribution in [1.82, 2.24) is 0 Å². The first-order valence-corrected chi connectivity index (χ1v) is 16.6. The van der Waals surface area contributed by atoms with Crippen molar-refractivity contribution in [2.75, 3.05) is 0 Å². The molecule has 0 bridgehead atoms. The third kappa shape index (κ3) is 7.24. The van der Waals surface area contributed by atoms with Gasteiger partial charge in [-0.3, -0.25) is 9.59 Å². The number of aldehydes is 2. The van der Waals surface area contributed by atoms with E-state index in [0.717, 1.165) is 11.8 Å². The number of rotatable bonds is 10. The largest absolute Gasteiger partial charge is 0.507 e. The molecular weight excluding hydrogens is 584 g/mol. The van der Waals surface area contributed by atoms with E-state index >= 15 is 0 Å². The molecule has 6 nitrogen and oxygen atoms in total. The van der Waals surface area contributed by atoms with Gasteiger partial charge in [-0.25, -0.2) is 0 Å². The maximum Gasteiger partial charge on any atom is 0.160 e. The molecule has 0 aliphatic carbocycles. The molecule has 7 heteroatoms. The van der Waals surface area contributed by atoms with Gasteiger partial charge in [0.1, 0.15) is 24.1 Å². The number of carbonyl (C=O) groups is 4. The van der Waals surface area contributed by atoms with Crippen LogP contribution in [-0.2, 0) is 50.3 Å². The monoisotopic (exact) mass is 638 g/mol. The number of ketones is 2. The number of hydrogen-bond acceptors (Lipinski definition) is 7. The molecule has 0 fully saturated rings. The molecule has 0 saturated heterocycles. The number of thioether (sulfide) groups is 1. The van der Waals surface area contributed by atoms with E-state index in [4.69, 9.17) is 0 Å². The molecule has 248 valence electrons. The lowest BCUT2D eigenvalue weighted by atomic mass is 9.76. The van der Waals surface area contributed by atoms with Gasteiger partial charge in [0.25, 0.3) is 0 Å². The molecule has 45 heavy (non-hydrogen) atoms. The molecule has 2 aromatic carbocycles. The zero-order valence-corrected chi connectivity index (χ0v) is 30.6. The van der Waals surface area contributed by atoms with E-state index < -0.39 is 42.7 Å². The third-order valence-corrected chi connectivity index (χ3v) is 10.2. The molecule has 2 N–H and O–H groups in total. The van der Waals surface area contributed by atoms with Gasteiger partial charge in [-0.05, 0) is 79.3 Å². The van der Waals surface area contributed by atoms with Crippen molar-refractivity contribution in [3.8, 4) is 11.5 Å². The lowest BCUT2D eigenvalue weighted by molar-refractivity contribution is -0.125. The maximum atomic E-state index is 14.1. The average Bonchev–Trinajstić information content (AvgIpc) is 2.91. The van der Waals surface area contributed by atoms with Crippen molar-refractivity contribution < 1.29 is 29.4 Å². The summed E-state index contributed by atoms with van der Waals surface area (Å²) in [5.41, 5.74) is 0.577. The van der Waals surface area contributed by atoms with Crippen LogP contribution in [0.3, 0.4) is 0 Å². The summed E-state index contributed by atoms with van der Waals surface area (Å²) in [6.45, 7) is 26.5. The summed E-state index contributed by atoms with van der Waals surface area (Å²) in [5, 5.41) is 22.9. The van der Waals surface area contributed by atoms with Crippen LogP contribution in [0.5, 0.6) is 11.5 Å². The Morgan fingerprint density at radius 1 is 0.556 bits per heavy atom. The van der Waals surface area contributed by atoms with Gasteiger partial charge in [0.2, 0.25) is 0 Å². The van der Waals surface area contributed by atoms with Gasteiger partial charge in [0, 0.05) is 12.8 Å². The number of phenols is 2. The van der Waals surface area contributed by atoms with Gasteiger partial charge in [-0.2, -0.15) is 0 Å². The second-order valence-corrected chi connectivity index (χ2v) is 17.7. The quantitative estimate of drug-likeness (QED) is 0.198. The van der Waals surface area contributed by atoms with Crippen molar-refractivity contribution in [3.63, 3.8) is 0 Å². The fourth-order valence-corrected chi connectivity index (χ4v) is 7.22. The van der Waals surface area contributed by atoms with Crippen LogP contribution in [-0.4, -0.2) is 34.4 Å². The standard InChI is InChI=1S/C38H54O6S/c1-15-29(41)37(21-39,23-17-25(33(3,4)5)31(43)26(18-23)34(6,7)8)45-38(22-40,30(42)16-2)24-19-27(35(9,10)11)32(44)28(20-24)36(12,13)14/h17-22,43-44H,15-16H2,1-14H3. The molecular formula is C38H54O6S. The number of benzene rings is 2. The Balaban J connectivity index is 3.24. The van der Waals surface area contributed by atoms with E-state index in [1.54, 1.807) is 38.1 Å². The third-order valence-electron chi connectivity index (χ3n) is 8.43. The molecule has 2 aromatic rings. The summed E-state index contributed by atoms with van der Waals surface area (Å²) in [7, 11) is 0. The van der Waals surface area contributed by atoms with E-state index in [9.17, 15) is 29.4 Å². The summed E-state index contributed by atoms with van der Waals surface area (Å²) in [6, 6.07) is 6.68. The van der Waals surface area contributed by atoms with E-state index in [1.165, 1.54) is 0 Å². The Kier molecular flexibility index (Phi) is 10.8. The van der Waals surface area contributed by atoms with Gasteiger partial charge >= 0.3 is 0 Å². The van der Waals surface area contributed by atoms with Crippen LogP contribution in [0.25, 0.3) is 0 Å². The maximum absolute atomic E-state index is 14.1. The number of hydrogen-bond donors (Lipinski definition) is 2. The SMILES string of the molecule is CCC(=O)C(C=O)(SC(C=O)(C(=O)CC)c1cc(C(C)(C)C)c(O)c(C(C)(C)C)c1)c1cc(C(C)(C)C)c(O)c(C(C)(C)C)c1. The lowest BCUT2D eigenvalue weighted by Crippen LogP contribution is -2.44. The highest BCUT2D eigenvalue weighted by Gasteiger charge is 2.53. The van der Waals surface area contributed by atoms with Crippen LogP contribution in [0.1, 0.15) is 143 Å². The lowest BCUT2D eigenvalue weighted by Gasteiger charge is -2.39. The van der Waals surface area contributed by atoms with Crippen molar-refractivity contribution >= 4 is 35.9 Å². The van der Waals surface area contributed by atoms with Gasteiger partial charge in [-0.1, -0.05) is 96.9 Å². The summed E-state index contributed by atoms with van der Waals surface area (Å²) in [4.78, 5) is 55.3. The molecule has 0 saturated carbocycles. The Labute approximate surface area is 274 Å². The highest BCUT2D eigenvalue weighted by atomic mass is 32.2. The summed E-state index contributed by atoms with van der Waals surface area (Å²) >= 11 is 0.747. The molecule has 0 aromatic heterocycles. The van der Waals surface area contributed by atoms with E-state index in [1.807, 2.05) is 83.1 Å². The van der Waals surface area contributed by atoms with Crippen molar-refractivity contribution in [3.05, 3.63) is 57.6 Å². The average molecular weight is 639 g/mol. The second-order valence-electron chi connectivity index (χ2n) is 16.2. The van der Waals surface area contributed by atoms with Gasteiger partial charge < -0.3 is 19.8 Å². The normalized spacial score (nSPS) is 15.6. The Morgan fingerprint density at radius 2 is 0.778 bits per heavy atom. The van der Waals surface area contributed by atoms with E-state index in [-0.39, 0.29) is 24.3 Å². The highest BCUT2D eigenvalue weighted by Crippen LogP contribution is 2.54. The second kappa shape index (κ2) is 12.7. The number of aromatic hydroxyl groups is 2. The fourth-order valence-electron chi connectivity index (χ4n) is 5.63. The Bertz CT molecular complexity index is 1290. The van der Waals surface area contributed by atoms with Crippen LogP contribution in [0.2, 0.25) is 0 Å². The minimum atomic E-state index is -1.96. The Morgan fingerprint density at radius 3 is 0.933 bits per heavy atom. The Hall–Kier alpha value is -2.93.